The number of rotatable bonds is 4. The minimum absolute atomic E-state index is 0.0479. The highest BCUT2D eigenvalue weighted by Gasteiger charge is 2.28. The molecule has 0 unspecified atom stereocenters. The smallest absolute Gasteiger partial charge is 0.235 e. The summed E-state index contributed by atoms with van der Waals surface area (Å²) in [7, 11) is 0. The fraction of sp³-hybridized carbons (Fsp3) is 0.929. The van der Waals surface area contributed by atoms with Gasteiger partial charge in [-0.1, -0.05) is 20.8 Å². The van der Waals surface area contributed by atoms with Gasteiger partial charge in [0.25, 0.3) is 0 Å². The van der Waals surface area contributed by atoms with Crippen molar-refractivity contribution in [2.24, 2.45) is 5.41 Å². The van der Waals surface area contributed by atoms with Crippen molar-refractivity contribution in [3.05, 3.63) is 0 Å². The van der Waals surface area contributed by atoms with E-state index in [2.05, 4.69) is 25.7 Å². The Balaban J connectivity index is 2.39. The Morgan fingerprint density at radius 2 is 1.79 bits per heavy atom. The second-order valence-corrected chi connectivity index (χ2v) is 7.56. The van der Waals surface area contributed by atoms with E-state index in [1.165, 1.54) is 0 Å². The van der Waals surface area contributed by atoms with E-state index in [1.54, 1.807) is 11.8 Å². The van der Waals surface area contributed by atoms with Crippen LogP contribution in [0.3, 0.4) is 0 Å². The summed E-state index contributed by atoms with van der Waals surface area (Å²) in [5, 5.41) is 10.2. The summed E-state index contributed by atoms with van der Waals surface area (Å²) in [5.74, 6) is 0.239. The van der Waals surface area contributed by atoms with Gasteiger partial charge < -0.3 is 10.0 Å². The molecule has 1 aliphatic rings. The maximum Gasteiger partial charge on any atom is 0.235 e. The number of nitrogens with zero attached hydrogens (tertiary/aromatic N) is 2. The molecule has 1 heterocycles. The van der Waals surface area contributed by atoms with Gasteiger partial charge in [0.05, 0.1) is 11.4 Å². The molecule has 4 nitrogen and oxygen atoms in total. The molecule has 112 valence electrons. The predicted molar refractivity (Wildman–Crippen MR) is 81.5 cm³/mol. The van der Waals surface area contributed by atoms with Crippen molar-refractivity contribution >= 4 is 17.7 Å². The van der Waals surface area contributed by atoms with Crippen molar-refractivity contribution in [3.63, 3.8) is 0 Å². The largest absolute Gasteiger partial charge is 0.391 e. The zero-order valence-electron chi connectivity index (χ0n) is 12.8. The van der Waals surface area contributed by atoms with E-state index in [1.807, 2.05) is 18.1 Å². The number of hydrogen-bond donors (Lipinski definition) is 1. The number of carbonyl (C=O) groups excluding carboxylic acids is 1. The van der Waals surface area contributed by atoms with E-state index in [0.29, 0.717) is 6.54 Å². The van der Waals surface area contributed by atoms with Crippen LogP contribution in [0.5, 0.6) is 0 Å². The predicted octanol–water partition coefficient (Wildman–Crippen LogP) is 1.29. The second-order valence-electron chi connectivity index (χ2n) is 6.39. The number of aliphatic hydroxyl groups excluding tert-OH is 1. The van der Waals surface area contributed by atoms with Gasteiger partial charge in [0.15, 0.2) is 0 Å². The van der Waals surface area contributed by atoms with Crippen molar-refractivity contribution in [3.8, 4) is 0 Å². The van der Waals surface area contributed by atoms with Crippen LogP contribution in [-0.2, 0) is 4.79 Å². The molecule has 1 aliphatic heterocycles. The molecule has 0 bridgehead atoms. The topological polar surface area (TPSA) is 43.8 Å². The van der Waals surface area contributed by atoms with E-state index in [0.717, 1.165) is 26.2 Å². The first kappa shape index (κ1) is 16.8. The first-order valence-corrected chi connectivity index (χ1v) is 8.26. The summed E-state index contributed by atoms with van der Waals surface area (Å²) < 4.78 is 0. The third kappa shape index (κ3) is 4.97. The van der Waals surface area contributed by atoms with Crippen molar-refractivity contribution in [1.82, 2.24) is 9.80 Å². The zero-order valence-corrected chi connectivity index (χ0v) is 13.7. The Kier molecular flexibility index (Phi) is 6.15. The Morgan fingerprint density at radius 1 is 1.26 bits per heavy atom. The van der Waals surface area contributed by atoms with Crippen molar-refractivity contribution < 1.29 is 9.90 Å². The van der Waals surface area contributed by atoms with Gasteiger partial charge >= 0.3 is 0 Å². The fourth-order valence-electron chi connectivity index (χ4n) is 2.03. The normalized spacial score (nSPS) is 21.3. The van der Waals surface area contributed by atoms with Gasteiger partial charge in [-0.05, 0) is 18.6 Å². The van der Waals surface area contributed by atoms with Crippen LogP contribution in [0.1, 0.15) is 27.7 Å². The molecular formula is C14H28N2O2S. The lowest BCUT2D eigenvalue weighted by atomic mass is 9.89. The first-order chi connectivity index (χ1) is 8.75. The van der Waals surface area contributed by atoms with Gasteiger partial charge in [-0.2, -0.15) is 11.8 Å². The molecule has 0 radical (unpaired) electrons. The molecule has 19 heavy (non-hydrogen) atoms. The van der Waals surface area contributed by atoms with Crippen molar-refractivity contribution in [2.75, 3.05) is 39.0 Å². The minimum atomic E-state index is -0.320. The van der Waals surface area contributed by atoms with Crippen molar-refractivity contribution in [1.29, 1.82) is 0 Å². The molecule has 0 aromatic rings. The number of β-amino-alcohol motifs (C(OH)–C–C–N with tert-alkyl or cyclic N) is 1. The van der Waals surface area contributed by atoms with Crippen LogP contribution < -0.4 is 0 Å². The Morgan fingerprint density at radius 3 is 2.21 bits per heavy atom. The molecule has 0 saturated carbocycles. The number of thioether (sulfide) groups is 1. The lowest BCUT2D eigenvalue weighted by Gasteiger charge is -2.38. The Labute approximate surface area is 121 Å². The SMILES string of the molecule is CS[C@H](C)C(=O)N1CCN(C[C@@H](O)C(C)(C)C)CC1. The van der Waals surface area contributed by atoms with E-state index in [4.69, 9.17) is 0 Å². The summed E-state index contributed by atoms with van der Waals surface area (Å²) in [5.41, 5.74) is -0.0830. The average molecular weight is 288 g/mol. The maximum absolute atomic E-state index is 12.1. The van der Waals surface area contributed by atoms with E-state index >= 15 is 0 Å². The summed E-state index contributed by atoms with van der Waals surface area (Å²) in [4.78, 5) is 16.3. The van der Waals surface area contributed by atoms with Crippen LogP contribution in [0.25, 0.3) is 0 Å². The van der Waals surface area contributed by atoms with Crippen LogP contribution in [0, 0.1) is 5.41 Å². The van der Waals surface area contributed by atoms with Gasteiger partial charge in [-0.3, -0.25) is 9.69 Å². The average Bonchev–Trinajstić information content (AvgIpc) is 2.36. The van der Waals surface area contributed by atoms with Gasteiger partial charge in [-0.25, -0.2) is 0 Å². The van der Waals surface area contributed by atoms with Gasteiger partial charge in [0.1, 0.15) is 0 Å². The zero-order chi connectivity index (χ0) is 14.6. The number of piperazine rings is 1. The number of aliphatic hydroxyl groups is 1. The quantitative estimate of drug-likeness (QED) is 0.846. The molecule has 0 spiro atoms. The number of hydrogen-bond acceptors (Lipinski definition) is 4. The molecule has 1 rings (SSSR count). The molecular weight excluding hydrogens is 260 g/mol. The van der Waals surface area contributed by atoms with Crippen LogP contribution in [-0.4, -0.2) is 71.1 Å². The molecule has 1 saturated heterocycles. The first-order valence-electron chi connectivity index (χ1n) is 6.97. The van der Waals surface area contributed by atoms with Crippen molar-refractivity contribution in [2.45, 2.75) is 39.0 Å². The fourth-order valence-corrected chi connectivity index (χ4v) is 2.38. The van der Waals surface area contributed by atoms with Crippen LogP contribution in [0.15, 0.2) is 0 Å². The third-order valence-electron chi connectivity index (χ3n) is 3.82. The minimum Gasteiger partial charge on any atom is -0.391 e. The van der Waals surface area contributed by atoms with Crippen LogP contribution >= 0.6 is 11.8 Å². The summed E-state index contributed by atoms with van der Waals surface area (Å²) in [6.07, 6.45) is 1.65. The van der Waals surface area contributed by atoms with Gasteiger partial charge in [0, 0.05) is 32.7 Å². The van der Waals surface area contributed by atoms with Crippen LogP contribution in [0.4, 0.5) is 0 Å². The molecule has 0 aliphatic carbocycles. The molecule has 1 N–H and O–H groups in total. The van der Waals surface area contributed by atoms with E-state index in [-0.39, 0.29) is 22.7 Å². The molecule has 5 heteroatoms. The number of carbonyl (C=O) groups is 1. The molecule has 0 aromatic carbocycles. The monoisotopic (exact) mass is 288 g/mol. The highest BCUT2D eigenvalue weighted by Crippen LogP contribution is 2.20. The van der Waals surface area contributed by atoms with Gasteiger partial charge in [-0.15, -0.1) is 0 Å². The molecule has 1 fully saturated rings. The third-order valence-corrected chi connectivity index (χ3v) is 4.72. The van der Waals surface area contributed by atoms with E-state index < -0.39 is 0 Å². The standard InChI is InChI=1S/C14H28N2O2S/c1-11(19-5)13(18)16-8-6-15(7-9-16)10-12(17)14(2,3)4/h11-12,17H,6-10H2,1-5H3/t11-,12-/m1/s1. The Hall–Kier alpha value is -0.260. The maximum atomic E-state index is 12.1. The highest BCUT2D eigenvalue weighted by atomic mass is 32.2. The lowest BCUT2D eigenvalue weighted by Crippen LogP contribution is -2.53. The van der Waals surface area contributed by atoms with E-state index in [9.17, 15) is 9.90 Å². The summed E-state index contributed by atoms with van der Waals surface area (Å²) in [6.45, 7) is 12.1. The Bertz CT molecular complexity index is 296. The summed E-state index contributed by atoms with van der Waals surface area (Å²) >= 11 is 1.60. The van der Waals surface area contributed by atoms with Gasteiger partial charge in [0.2, 0.25) is 5.91 Å². The van der Waals surface area contributed by atoms with Crippen LogP contribution in [0.2, 0.25) is 0 Å². The highest BCUT2D eigenvalue weighted by molar-refractivity contribution is 7.99. The lowest BCUT2D eigenvalue weighted by molar-refractivity contribution is -0.132. The second kappa shape index (κ2) is 6.95. The molecule has 1 amide bonds. The summed E-state index contributed by atoms with van der Waals surface area (Å²) in [6, 6.07) is 0. The molecule has 2 atom stereocenters. The number of amides is 1. The molecule has 0 aromatic heterocycles.